The van der Waals surface area contributed by atoms with Gasteiger partial charge in [-0.2, -0.15) is 10.5 Å². The van der Waals surface area contributed by atoms with Crippen LogP contribution in [0.3, 0.4) is 0 Å². The minimum absolute atomic E-state index is 0.0255. The summed E-state index contributed by atoms with van der Waals surface area (Å²) in [5.74, 6) is -0.447. The van der Waals surface area contributed by atoms with Crippen LogP contribution in [-0.4, -0.2) is 10.5 Å². The monoisotopic (exact) mass is 414 g/mol. The summed E-state index contributed by atoms with van der Waals surface area (Å²) in [6.07, 6.45) is 1.60. The number of nitrogens with zero attached hydrogens (tertiary/aromatic N) is 3. The summed E-state index contributed by atoms with van der Waals surface area (Å²) in [5.41, 5.74) is 5.86. The molecule has 2 heterocycles. The van der Waals surface area contributed by atoms with Gasteiger partial charge in [0.1, 0.15) is 22.7 Å². The van der Waals surface area contributed by atoms with E-state index in [1.165, 1.54) is 0 Å². The van der Waals surface area contributed by atoms with Crippen molar-refractivity contribution in [2.45, 2.75) is 34.6 Å². The number of nitriles is 2. The minimum Gasteiger partial charge on any atom is -0.321 e. The number of amides is 1. The van der Waals surface area contributed by atoms with Crippen LogP contribution in [0.5, 0.6) is 0 Å². The van der Waals surface area contributed by atoms with E-state index < -0.39 is 5.91 Å². The molecule has 0 bridgehead atoms. The molecule has 150 valence electrons. The summed E-state index contributed by atoms with van der Waals surface area (Å²) in [4.78, 5) is 13.8. The smallest absolute Gasteiger partial charge is 0.266 e. The third-order valence-corrected chi connectivity index (χ3v) is 6.40. The Morgan fingerprint density at radius 1 is 1.13 bits per heavy atom. The van der Waals surface area contributed by atoms with Crippen LogP contribution < -0.4 is 5.32 Å². The highest BCUT2D eigenvalue weighted by Gasteiger charge is 2.19. The van der Waals surface area contributed by atoms with Crippen molar-refractivity contribution in [2.24, 2.45) is 0 Å². The lowest BCUT2D eigenvalue weighted by molar-refractivity contribution is -0.112. The van der Waals surface area contributed by atoms with Gasteiger partial charge in [0, 0.05) is 22.0 Å². The van der Waals surface area contributed by atoms with E-state index in [9.17, 15) is 15.3 Å². The lowest BCUT2D eigenvalue weighted by atomic mass is 10.1. The van der Waals surface area contributed by atoms with E-state index in [2.05, 4.69) is 11.4 Å². The number of hydrogen-bond acceptors (Lipinski definition) is 4. The van der Waals surface area contributed by atoms with Crippen LogP contribution in [-0.2, 0) is 4.79 Å². The van der Waals surface area contributed by atoms with Gasteiger partial charge in [0.2, 0.25) is 0 Å². The van der Waals surface area contributed by atoms with Crippen LogP contribution in [0.4, 0.5) is 5.69 Å². The van der Waals surface area contributed by atoms with Gasteiger partial charge >= 0.3 is 0 Å². The SMILES string of the molecule is Cc1ccccc1NC(=O)/C(C#N)=C\c1cc(C)n(-c2sc(C)c(C)c2C#N)c1C. The number of aromatic nitrogens is 1. The Bertz CT molecular complexity index is 1260. The molecule has 0 radical (unpaired) electrons. The molecule has 0 saturated heterocycles. The molecule has 0 unspecified atom stereocenters. The van der Waals surface area contributed by atoms with E-state index in [1.54, 1.807) is 23.5 Å². The normalized spacial score (nSPS) is 11.1. The number of benzene rings is 1. The van der Waals surface area contributed by atoms with Gasteiger partial charge in [-0.15, -0.1) is 11.3 Å². The molecule has 0 aliphatic carbocycles. The second-order valence-corrected chi connectivity index (χ2v) is 8.38. The number of hydrogen-bond donors (Lipinski definition) is 1. The van der Waals surface area contributed by atoms with Gasteiger partial charge in [-0.1, -0.05) is 18.2 Å². The molecule has 1 amide bonds. The molecule has 5 nitrogen and oxygen atoms in total. The van der Waals surface area contributed by atoms with Crippen molar-refractivity contribution in [3.05, 3.63) is 74.4 Å². The van der Waals surface area contributed by atoms with E-state index in [-0.39, 0.29) is 5.57 Å². The third kappa shape index (κ3) is 3.78. The molecule has 3 aromatic rings. The zero-order valence-electron chi connectivity index (χ0n) is 17.6. The van der Waals surface area contributed by atoms with Gasteiger partial charge < -0.3 is 9.88 Å². The highest BCUT2D eigenvalue weighted by atomic mass is 32.1. The van der Waals surface area contributed by atoms with E-state index in [0.29, 0.717) is 11.3 Å². The minimum atomic E-state index is -0.447. The number of aryl methyl sites for hydroxylation is 3. The van der Waals surface area contributed by atoms with Gasteiger partial charge in [-0.3, -0.25) is 4.79 Å². The third-order valence-electron chi connectivity index (χ3n) is 5.21. The summed E-state index contributed by atoms with van der Waals surface area (Å²) < 4.78 is 2.02. The van der Waals surface area contributed by atoms with Gasteiger partial charge in [-0.25, -0.2) is 0 Å². The fraction of sp³-hybridized carbons (Fsp3) is 0.208. The van der Waals surface area contributed by atoms with Crippen molar-refractivity contribution in [1.29, 1.82) is 10.5 Å². The summed E-state index contributed by atoms with van der Waals surface area (Å²) in [7, 11) is 0. The first-order valence-electron chi connectivity index (χ1n) is 9.46. The second kappa shape index (κ2) is 8.41. The molecule has 0 fully saturated rings. The van der Waals surface area contributed by atoms with E-state index >= 15 is 0 Å². The fourth-order valence-electron chi connectivity index (χ4n) is 3.35. The maximum atomic E-state index is 12.7. The van der Waals surface area contributed by atoms with Crippen molar-refractivity contribution in [2.75, 3.05) is 5.32 Å². The number of anilines is 1. The molecule has 1 aromatic carbocycles. The Morgan fingerprint density at radius 2 is 1.83 bits per heavy atom. The summed E-state index contributed by atoms with van der Waals surface area (Å²) in [5, 5.41) is 22.9. The lowest BCUT2D eigenvalue weighted by Crippen LogP contribution is -2.14. The largest absolute Gasteiger partial charge is 0.321 e. The van der Waals surface area contributed by atoms with Crippen LogP contribution in [0.1, 0.15) is 38.5 Å². The van der Waals surface area contributed by atoms with Gasteiger partial charge in [0.05, 0.1) is 5.56 Å². The average Bonchev–Trinajstić information content (AvgIpc) is 3.15. The van der Waals surface area contributed by atoms with Crippen LogP contribution >= 0.6 is 11.3 Å². The topological polar surface area (TPSA) is 81.6 Å². The second-order valence-electron chi connectivity index (χ2n) is 7.18. The number of carbonyl (C=O) groups is 1. The highest BCUT2D eigenvalue weighted by Crippen LogP contribution is 2.34. The predicted molar refractivity (Wildman–Crippen MR) is 121 cm³/mol. The molecule has 6 heteroatoms. The molecule has 0 aliphatic heterocycles. The quantitative estimate of drug-likeness (QED) is 0.452. The van der Waals surface area contributed by atoms with Crippen molar-refractivity contribution in [3.63, 3.8) is 0 Å². The van der Waals surface area contributed by atoms with Crippen molar-refractivity contribution in [1.82, 2.24) is 4.57 Å². The Balaban J connectivity index is 2.02. The zero-order valence-corrected chi connectivity index (χ0v) is 18.4. The van der Waals surface area contributed by atoms with E-state index in [4.69, 9.17) is 0 Å². The maximum absolute atomic E-state index is 12.7. The highest BCUT2D eigenvalue weighted by molar-refractivity contribution is 7.14. The Hall–Kier alpha value is -3.61. The summed E-state index contributed by atoms with van der Waals surface area (Å²) in [6.45, 7) is 9.74. The van der Waals surface area contributed by atoms with Crippen LogP contribution in [0.2, 0.25) is 0 Å². The van der Waals surface area contributed by atoms with Crippen molar-refractivity contribution >= 4 is 29.0 Å². The van der Waals surface area contributed by atoms with Gasteiger partial charge in [0.15, 0.2) is 0 Å². The van der Waals surface area contributed by atoms with E-state index in [0.717, 1.165) is 38.0 Å². The Kier molecular flexibility index (Phi) is 5.91. The van der Waals surface area contributed by atoms with Crippen LogP contribution in [0.15, 0.2) is 35.9 Å². The number of para-hydroxylation sites is 1. The van der Waals surface area contributed by atoms with Crippen molar-refractivity contribution in [3.8, 4) is 17.1 Å². The Morgan fingerprint density at radius 3 is 2.47 bits per heavy atom. The molecule has 0 atom stereocenters. The molecule has 0 aliphatic rings. The summed E-state index contributed by atoms with van der Waals surface area (Å²) >= 11 is 1.57. The average molecular weight is 415 g/mol. The molecule has 30 heavy (non-hydrogen) atoms. The Labute approximate surface area is 180 Å². The lowest BCUT2D eigenvalue weighted by Gasteiger charge is -2.08. The first kappa shape index (κ1) is 21.1. The molecule has 2 aromatic heterocycles. The first-order chi connectivity index (χ1) is 14.3. The molecule has 3 rings (SSSR count). The van der Waals surface area contributed by atoms with Gasteiger partial charge in [-0.05, 0) is 69.5 Å². The van der Waals surface area contributed by atoms with E-state index in [1.807, 2.05) is 69.5 Å². The number of rotatable bonds is 4. The maximum Gasteiger partial charge on any atom is 0.266 e. The number of carbonyl (C=O) groups excluding carboxylic acids is 1. The molecule has 0 saturated carbocycles. The zero-order chi connectivity index (χ0) is 22.0. The first-order valence-corrected chi connectivity index (χ1v) is 10.3. The standard InChI is InChI=1S/C24H22N4OS/c1-14-8-6-7-9-22(14)27-23(29)20(12-25)11-19-10-15(2)28(17(19)4)24-21(13-26)16(3)18(5)30-24/h6-11H,1-5H3,(H,27,29)/b20-11-. The van der Waals surface area contributed by atoms with Gasteiger partial charge in [0.25, 0.3) is 5.91 Å². The van der Waals surface area contributed by atoms with Crippen LogP contribution in [0.25, 0.3) is 11.1 Å². The molecule has 0 spiro atoms. The molecule has 1 N–H and O–H groups in total. The number of thiophene rings is 1. The van der Waals surface area contributed by atoms with Crippen molar-refractivity contribution < 1.29 is 4.79 Å². The predicted octanol–water partition coefficient (Wildman–Crippen LogP) is 5.50. The summed E-state index contributed by atoms with van der Waals surface area (Å²) in [6, 6.07) is 13.7. The molecular formula is C24H22N4OS. The fourth-order valence-corrected chi connectivity index (χ4v) is 4.57. The molecular weight excluding hydrogens is 392 g/mol. The van der Waals surface area contributed by atoms with Crippen LogP contribution in [0, 0.1) is 57.3 Å². The number of nitrogens with one attached hydrogen (secondary N) is 1.